The number of carbonyl (C=O) groups excluding carboxylic acids is 1. The number of hydrogen-bond acceptors (Lipinski definition) is 5. The first-order valence-corrected chi connectivity index (χ1v) is 11.4. The first kappa shape index (κ1) is 19.6. The zero-order chi connectivity index (χ0) is 20.6. The second-order valence-corrected chi connectivity index (χ2v) is 9.89. The summed E-state index contributed by atoms with van der Waals surface area (Å²) in [6, 6.07) is 7.13. The van der Waals surface area contributed by atoms with Crippen molar-refractivity contribution in [2.45, 2.75) is 44.0 Å². The molecule has 2 N–H and O–H groups in total. The van der Waals surface area contributed by atoms with E-state index in [0.717, 1.165) is 22.9 Å². The highest BCUT2D eigenvalue weighted by atomic mass is 32.2. The topological polar surface area (TPSA) is 105 Å². The number of fused-ring (bicyclic) bond motifs is 2. The summed E-state index contributed by atoms with van der Waals surface area (Å²) >= 11 is 0. The molecule has 0 unspecified atom stereocenters. The summed E-state index contributed by atoms with van der Waals surface area (Å²) in [5.41, 5.74) is 3.03. The van der Waals surface area contributed by atoms with Crippen molar-refractivity contribution in [1.82, 2.24) is 20.3 Å². The zero-order valence-electron chi connectivity index (χ0n) is 16.5. The number of sulfone groups is 1. The van der Waals surface area contributed by atoms with Gasteiger partial charge in [-0.25, -0.2) is 18.4 Å². The SMILES string of the molecule is CC(C)[C@@H](NC(=O)Cc1ncnc2[nH]ccc12)c1ccc2c(c1)S(=O)(=O)CCC2. The molecule has 3 heterocycles. The molecule has 1 aromatic carbocycles. The first-order chi connectivity index (χ1) is 13.8. The maximum Gasteiger partial charge on any atom is 0.226 e. The van der Waals surface area contributed by atoms with E-state index in [0.29, 0.717) is 22.7 Å². The van der Waals surface area contributed by atoms with Crippen molar-refractivity contribution in [3.8, 4) is 0 Å². The minimum absolute atomic E-state index is 0.0981. The molecule has 3 aromatic rings. The number of aromatic nitrogens is 3. The number of benzene rings is 1. The summed E-state index contributed by atoms with van der Waals surface area (Å²) in [6.07, 6.45) is 4.77. The molecule has 0 saturated carbocycles. The summed E-state index contributed by atoms with van der Waals surface area (Å²) < 4.78 is 25.0. The van der Waals surface area contributed by atoms with Gasteiger partial charge in [-0.3, -0.25) is 4.79 Å². The fourth-order valence-corrected chi connectivity index (χ4v) is 5.53. The molecule has 0 aliphatic carbocycles. The standard InChI is InChI=1S/C21H24N4O3S/c1-13(2)20(15-6-5-14-4-3-9-29(27,28)18(14)10-15)25-19(26)11-17-16-7-8-22-21(16)24-12-23-17/h5-8,10,12-13,20H,3-4,9,11H2,1-2H3,(H,25,26)(H,22,23,24)/t20-/m1/s1. The second kappa shape index (κ2) is 7.59. The van der Waals surface area contributed by atoms with E-state index in [1.165, 1.54) is 6.33 Å². The van der Waals surface area contributed by atoms with Crippen LogP contribution in [0.25, 0.3) is 11.0 Å². The van der Waals surface area contributed by atoms with Crippen molar-refractivity contribution in [2.24, 2.45) is 5.92 Å². The van der Waals surface area contributed by atoms with E-state index in [4.69, 9.17) is 0 Å². The largest absolute Gasteiger partial charge is 0.349 e. The molecule has 152 valence electrons. The lowest BCUT2D eigenvalue weighted by atomic mass is 9.94. The van der Waals surface area contributed by atoms with Crippen molar-refractivity contribution < 1.29 is 13.2 Å². The molecule has 0 saturated heterocycles. The Morgan fingerprint density at radius 3 is 2.86 bits per heavy atom. The minimum Gasteiger partial charge on any atom is -0.349 e. The number of carbonyl (C=O) groups is 1. The van der Waals surface area contributed by atoms with Crippen molar-refractivity contribution in [1.29, 1.82) is 0 Å². The predicted molar refractivity (Wildman–Crippen MR) is 110 cm³/mol. The summed E-state index contributed by atoms with van der Waals surface area (Å²) in [7, 11) is -3.25. The third-order valence-electron chi connectivity index (χ3n) is 5.39. The predicted octanol–water partition coefficient (Wildman–Crippen LogP) is 2.73. The Morgan fingerprint density at radius 1 is 1.24 bits per heavy atom. The second-order valence-electron chi connectivity index (χ2n) is 7.82. The molecule has 1 aliphatic rings. The van der Waals surface area contributed by atoms with Crippen LogP contribution in [0.4, 0.5) is 0 Å². The molecular formula is C21H24N4O3S. The Hall–Kier alpha value is -2.74. The number of hydrogen-bond donors (Lipinski definition) is 2. The van der Waals surface area contributed by atoms with E-state index in [1.54, 1.807) is 12.3 Å². The van der Waals surface area contributed by atoms with Gasteiger partial charge in [-0.15, -0.1) is 0 Å². The van der Waals surface area contributed by atoms with Gasteiger partial charge >= 0.3 is 0 Å². The molecule has 1 atom stereocenters. The molecule has 0 fully saturated rings. The van der Waals surface area contributed by atoms with Gasteiger partial charge in [0.05, 0.1) is 28.8 Å². The fourth-order valence-electron chi connectivity index (χ4n) is 3.90. The Labute approximate surface area is 169 Å². The van der Waals surface area contributed by atoms with Crippen LogP contribution in [0.3, 0.4) is 0 Å². The Bertz CT molecular complexity index is 1170. The number of nitrogens with one attached hydrogen (secondary N) is 2. The molecule has 8 heteroatoms. The molecule has 1 aliphatic heterocycles. The van der Waals surface area contributed by atoms with Crippen molar-refractivity contribution in [3.63, 3.8) is 0 Å². The average molecular weight is 413 g/mol. The van der Waals surface area contributed by atoms with Crippen LogP contribution in [0.2, 0.25) is 0 Å². The van der Waals surface area contributed by atoms with E-state index in [1.807, 2.05) is 32.0 Å². The van der Waals surface area contributed by atoms with Crippen LogP contribution in [0, 0.1) is 5.92 Å². The zero-order valence-corrected chi connectivity index (χ0v) is 17.3. The summed E-state index contributed by atoms with van der Waals surface area (Å²) in [5.74, 6) is 0.120. The lowest BCUT2D eigenvalue weighted by molar-refractivity contribution is -0.121. The van der Waals surface area contributed by atoms with Crippen molar-refractivity contribution in [3.05, 3.63) is 53.6 Å². The molecule has 7 nitrogen and oxygen atoms in total. The van der Waals surface area contributed by atoms with Gasteiger partial charge < -0.3 is 10.3 Å². The highest BCUT2D eigenvalue weighted by Gasteiger charge is 2.26. The Balaban J connectivity index is 1.59. The monoisotopic (exact) mass is 412 g/mol. The van der Waals surface area contributed by atoms with E-state index in [9.17, 15) is 13.2 Å². The third-order valence-corrected chi connectivity index (χ3v) is 7.27. The van der Waals surface area contributed by atoms with E-state index < -0.39 is 9.84 Å². The van der Waals surface area contributed by atoms with Crippen LogP contribution in [0.15, 0.2) is 41.7 Å². The van der Waals surface area contributed by atoms with Crippen LogP contribution < -0.4 is 5.32 Å². The number of H-pyrrole nitrogens is 1. The van der Waals surface area contributed by atoms with Crippen LogP contribution >= 0.6 is 0 Å². The maximum absolute atomic E-state index is 12.8. The fraction of sp³-hybridized carbons (Fsp3) is 0.381. The van der Waals surface area contributed by atoms with Gasteiger partial charge in [-0.05, 0) is 42.0 Å². The van der Waals surface area contributed by atoms with Gasteiger partial charge in [0.15, 0.2) is 9.84 Å². The molecule has 2 aromatic heterocycles. The molecule has 0 radical (unpaired) electrons. The van der Waals surface area contributed by atoms with Crippen LogP contribution in [0.5, 0.6) is 0 Å². The summed E-state index contributed by atoms with van der Waals surface area (Å²) in [6.45, 7) is 4.02. The molecule has 4 rings (SSSR count). The number of aromatic amines is 1. The molecule has 1 amide bonds. The van der Waals surface area contributed by atoms with Gasteiger partial charge in [0, 0.05) is 11.6 Å². The maximum atomic E-state index is 12.8. The molecule has 0 bridgehead atoms. The normalized spacial score (nSPS) is 16.5. The van der Waals surface area contributed by atoms with E-state index >= 15 is 0 Å². The molecular weight excluding hydrogens is 388 g/mol. The van der Waals surface area contributed by atoms with Crippen LogP contribution in [-0.2, 0) is 27.5 Å². The Kier molecular flexibility index (Phi) is 5.12. The highest BCUT2D eigenvalue weighted by molar-refractivity contribution is 7.91. The van der Waals surface area contributed by atoms with Crippen molar-refractivity contribution >= 4 is 26.8 Å². The quantitative estimate of drug-likeness (QED) is 0.670. The van der Waals surface area contributed by atoms with Gasteiger partial charge in [-0.1, -0.05) is 26.0 Å². The number of rotatable bonds is 5. The van der Waals surface area contributed by atoms with Gasteiger partial charge in [-0.2, -0.15) is 0 Å². The Morgan fingerprint density at radius 2 is 2.07 bits per heavy atom. The van der Waals surface area contributed by atoms with Gasteiger partial charge in [0.25, 0.3) is 0 Å². The lowest BCUT2D eigenvalue weighted by Gasteiger charge is -2.25. The van der Waals surface area contributed by atoms with Crippen LogP contribution in [-0.4, -0.2) is 35.0 Å². The first-order valence-electron chi connectivity index (χ1n) is 9.77. The highest BCUT2D eigenvalue weighted by Crippen LogP contribution is 2.30. The van der Waals surface area contributed by atoms with Crippen molar-refractivity contribution in [2.75, 3.05) is 5.75 Å². The van der Waals surface area contributed by atoms with Gasteiger partial charge in [0.2, 0.25) is 5.91 Å². The average Bonchev–Trinajstić information content (AvgIpc) is 3.15. The minimum atomic E-state index is -3.25. The van der Waals surface area contributed by atoms with Crippen LogP contribution in [0.1, 0.15) is 43.1 Å². The smallest absolute Gasteiger partial charge is 0.226 e. The summed E-state index contributed by atoms with van der Waals surface area (Å²) in [4.78, 5) is 24.6. The lowest BCUT2D eigenvalue weighted by Crippen LogP contribution is -2.33. The van der Waals surface area contributed by atoms with Gasteiger partial charge in [0.1, 0.15) is 12.0 Å². The number of amides is 1. The number of aryl methyl sites for hydroxylation is 1. The third kappa shape index (κ3) is 3.89. The van der Waals surface area contributed by atoms with E-state index in [-0.39, 0.29) is 30.0 Å². The van der Waals surface area contributed by atoms with E-state index in [2.05, 4.69) is 20.3 Å². The number of nitrogens with zero attached hydrogens (tertiary/aromatic N) is 2. The summed E-state index contributed by atoms with van der Waals surface area (Å²) in [5, 5.41) is 3.89. The molecule has 0 spiro atoms. The molecule has 29 heavy (non-hydrogen) atoms.